The van der Waals surface area contributed by atoms with Gasteiger partial charge in [-0.1, -0.05) is 30.9 Å². The first-order valence-electron chi connectivity index (χ1n) is 5.60. The van der Waals surface area contributed by atoms with E-state index in [0.717, 1.165) is 0 Å². The molecule has 0 saturated heterocycles. The van der Waals surface area contributed by atoms with Crippen LogP contribution in [0.2, 0.25) is 0 Å². The lowest BCUT2D eigenvalue weighted by Crippen LogP contribution is -2.24. The highest BCUT2D eigenvalue weighted by molar-refractivity contribution is 7.88. The summed E-state index contributed by atoms with van der Waals surface area (Å²) in [6.45, 7) is 7.85. The molecule has 1 rings (SSSR count). The van der Waals surface area contributed by atoms with E-state index in [9.17, 15) is 10.2 Å². The Balaban J connectivity index is 2.90. The number of aryl methyl sites for hydroxylation is 1. The van der Waals surface area contributed by atoms with Gasteiger partial charge in [0.25, 0.3) is 0 Å². The van der Waals surface area contributed by atoms with E-state index in [0.29, 0.717) is 0 Å². The quantitative estimate of drug-likeness (QED) is 0.627. The molecule has 90 valence electrons. The van der Waals surface area contributed by atoms with Crippen molar-refractivity contribution < 1.29 is 10.2 Å². The van der Waals surface area contributed by atoms with Crippen LogP contribution in [0.15, 0.2) is 18.2 Å². The third-order valence-electron chi connectivity index (χ3n) is 3.03. The zero-order chi connectivity index (χ0) is 12.3. The van der Waals surface area contributed by atoms with Crippen molar-refractivity contribution in [2.75, 3.05) is 0 Å². The average molecular weight is 256 g/mol. The SMILES string of the molecule is Cc1cccc([SiH2]P(C(C)O)C(C)O)c1C. The van der Waals surface area contributed by atoms with E-state index in [1.165, 1.54) is 16.3 Å². The second kappa shape index (κ2) is 5.92. The van der Waals surface area contributed by atoms with Crippen LogP contribution in [0.4, 0.5) is 0 Å². The Labute approximate surface area is 101 Å². The van der Waals surface area contributed by atoms with Crippen LogP contribution in [-0.2, 0) is 0 Å². The smallest absolute Gasteiger partial charge is 0.0885 e. The number of benzene rings is 1. The van der Waals surface area contributed by atoms with Gasteiger partial charge in [0.15, 0.2) is 0 Å². The number of aliphatic hydroxyl groups excluding tert-OH is 2. The van der Waals surface area contributed by atoms with E-state index in [-0.39, 0.29) is 11.7 Å². The molecule has 0 aliphatic carbocycles. The number of rotatable bonds is 4. The first-order valence-corrected chi connectivity index (χ1v) is 9.87. The van der Waals surface area contributed by atoms with E-state index >= 15 is 0 Å². The molecule has 0 aliphatic rings. The summed E-state index contributed by atoms with van der Waals surface area (Å²) in [5, 5.41) is 20.8. The van der Waals surface area contributed by atoms with Crippen molar-refractivity contribution >= 4 is 21.8 Å². The lowest BCUT2D eigenvalue weighted by atomic mass is 10.1. The van der Waals surface area contributed by atoms with E-state index in [4.69, 9.17) is 0 Å². The van der Waals surface area contributed by atoms with Crippen LogP contribution in [0.25, 0.3) is 0 Å². The summed E-state index contributed by atoms with van der Waals surface area (Å²) in [7, 11) is -1.21. The van der Waals surface area contributed by atoms with Gasteiger partial charge in [0.05, 0.1) is 20.9 Å². The summed E-state index contributed by atoms with van der Waals surface area (Å²) in [4.78, 5) is 0. The molecular weight excluding hydrogens is 235 g/mol. The Bertz CT molecular complexity index is 345. The van der Waals surface area contributed by atoms with Gasteiger partial charge in [0.2, 0.25) is 0 Å². The molecule has 0 aliphatic heterocycles. The van der Waals surface area contributed by atoms with E-state index < -0.39 is 16.7 Å². The van der Waals surface area contributed by atoms with Gasteiger partial charge in [0, 0.05) is 0 Å². The maximum absolute atomic E-state index is 9.71. The predicted octanol–water partition coefficient (Wildman–Crippen LogP) is 1.17. The number of aliphatic hydroxyl groups is 2. The summed E-state index contributed by atoms with van der Waals surface area (Å²) in [6, 6.07) is 6.33. The second-order valence-electron chi connectivity index (χ2n) is 4.30. The largest absolute Gasteiger partial charge is 0.389 e. The molecule has 0 fully saturated rings. The number of hydrogen-bond acceptors (Lipinski definition) is 2. The molecule has 2 unspecified atom stereocenters. The van der Waals surface area contributed by atoms with Gasteiger partial charge in [0.1, 0.15) is 0 Å². The van der Waals surface area contributed by atoms with Crippen LogP contribution in [0.1, 0.15) is 25.0 Å². The second-order valence-corrected chi connectivity index (χ2v) is 11.0. The molecule has 1 aromatic carbocycles. The van der Waals surface area contributed by atoms with Gasteiger partial charge in [-0.3, -0.25) is 0 Å². The van der Waals surface area contributed by atoms with Crippen molar-refractivity contribution in [3.8, 4) is 0 Å². The third kappa shape index (κ3) is 3.39. The molecule has 0 spiro atoms. The fourth-order valence-corrected chi connectivity index (χ4v) is 7.85. The minimum atomic E-state index is -0.634. The Morgan fingerprint density at radius 3 is 2.19 bits per heavy atom. The molecule has 0 aromatic heterocycles. The van der Waals surface area contributed by atoms with Gasteiger partial charge in [-0.25, -0.2) is 0 Å². The van der Waals surface area contributed by atoms with Crippen LogP contribution in [0.5, 0.6) is 0 Å². The Morgan fingerprint density at radius 2 is 1.69 bits per heavy atom. The predicted molar refractivity (Wildman–Crippen MR) is 74.4 cm³/mol. The summed E-state index contributed by atoms with van der Waals surface area (Å²) < 4.78 is 0. The van der Waals surface area contributed by atoms with Crippen molar-refractivity contribution in [2.45, 2.75) is 39.4 Å². The normalized spacial score (nSPS) is 17.6. The summed E-state index contributed by atoms with van der Waals surface area (Å²) in [5.41, 5.74) is 2.64. The maximum atomic E-state index is 9.71. The minimum Gasteiger partial charge on any atom is -0.389 e. The first kappa shape index (κ1) is 13.9. The summed E-state index contributed by atoms with van der Waals surface area (Å²) in [6.07, 6.45) is 0. The first-order chi connectivity index (χ1) is 7.43. The highest BCUT2D eigenvalue weighted by Gasteiger charge is 2.21. The molecule has 4 heteroatoms. The zero-order valence-corrected chi connectivity index (χ0v) is 12.7. The summed E-state index contributed by atoms with van der Waals surface area (Å²) in [5.74, 6) is -0.719. The van der Waals surface area contributed by atoms with Crippen molar-refractivity contribution in [2.24, 2.45) is 0 Å². The van der Waals surface area contributed by atoms with Crippen LogP contribution in [-0.4, -0.2) is 31.1 Å². The van der Waals surface area contributed by atoms with Crippen molar-refractivity contribution in [3.05, 3.63) is 29.3 Å². The third-order valence-corrected chi connectivity index (χ3v) is 11.7. The van der Waals surface area contributed by atoms with Gasteiger partial charge >= 0.3 is 0 Å². The Kier molecular flexibility index (Phi) is 5.13. The van der Waals surface area contributed by atoms with Crippen molar-refractivity contribution in [1.29, 1.82) is 0 Å². The van der Waals surface area contributed by atoms with Gasteiger partial charge in [-0.2, -0.15) is 0 Å². The summed E-state index contributed by atoms with van der Waals surface area (Å²) >= 11 is 0. The highest BCUT2D eigenvalue weighted by atomic mass is 31.4. The minimum absolute atomic E-state index is 0.360. The van der Waals surface area contributed by atoms with Crippen molar-refractivity contribution in [3.63, 3.8) is 0 Å². The standard InChI is InChI=1S/C12H21O2PSi/c1-8-6-5-7-12(9(8)2)16-15(10(3)13)11(4)14/h5-7,10-11,13-14H,16H2,1-4H3. The molecule has 2 N–H and O–H groups in total. The lowest BCUT2D eigenvalue weighted by molar-refractivity contribution is 0.248. The molecular formula is C12H21O2PSi. The fraction of sp³-hybridized carbons (Fsp3) is 0.500. The van der Waals surface area contributed by atoms with Crippen molar-refractivity contribution in [1.82, 2.24) is 0 Å². The molecule has 16 heavy (non-hydrogen) atoms. The molecule has 0 bridgehead atoms. The average Bonchev–Trinajstić information content (AvgIpc) is 2.19. The lowest BCUT2D eigenvalue weighted by Gasteiger charge is -2.24. The monoisotopic (exact) mass is 256 g/mol. The molecule has 2 atom stereocenters. The fourth-order valence-electron chi connectivity index (χ4n) is 1.76. The van der Waals surface area contributed by atoms with E-state index in [1.807, 2.05) is 0 Å². The highest BCUT2D eigenvalue weighted by Crippen LogP contribution is 2.41. The maximum Gasteiger partial charge on any atom is 0.0885 e. The van der Waals surface area contributed by atoms with Gasteiger partial charge in [-0.15, -0.1) is 0 Å². The molecule has 1 aromatic rings. The number of hydrogen-bond donors (Lipinski definition) is 2. The van der Waals surface area contributed by atoms with Crippen LogP contribution in [0, 0.1) is 13.8 Å². The Hall–Kier alpha value is -0.213. The van der Waals surface area contributed by atoms with Crippen LogP contribution < -0.4 is 5.19 Å². The van der Waals surface area contributed by atoms with Gasteiger partial charge < -0.3 is 10.2 Å². The zero-order valence-electron chi connectivity index (χ0n) is 10.4. The molecule has 2 nitrogen and oxygen atoms in total. The molecule has 0 radical (unpaired) electrons. The van der Waals surface area contributed by atoms with E-state index in [1.54, 1.807) is 13.8 Å². The van der Waals surface area contributed by atoms with Crippen LogP contribution >= 0.6 is 7.47 Å². The Morgan fingerprint density at radius 1 is 1.12 bits per heavy atom. The topological polar surface area (TPSA) is 40.5 Å². The van der Waals surface area contributed by atoms with Gasteiger partial charge in [-0.05, 0) is 38.8 Å². The molecule has 0 saturated carbocycles. The molecule has 0 heterocycles. The van der Waals surface area contributed by atoms with E-state index in [2.05, 4.69) is 32.0 Å². The van der Waals surface area contributed by atoms with Crippen LogP contribution in [0.3, 0.4) is 0 Å². The molecule has 0 amide bonds.